The first-order valence-electron chi connectivity index (χ1n) is 8.59. The first-order valence-corrected chi connectivity index (χ1v) is 8.59. The van der Waals surface area contributed by atoms with Gasteiger partial charge in [0.25, 0.3) is 5.91 Å². The van der Waals surface area contributed by atoms with E-state index in [2.05, 4.69) is 10.1 Å². The van der Waals surface area contributed by atoms with E-state index in [0.717, 1.165) is 23.1 Å². The fraction of sp³-hybridized carbons (Fsp3) is 0.250. The number of amides is 1. The third-order valence-corrected chi connectivity index (χ3v) is 4.68. The van der Waals surface area contributed by atoms with Crippen LogP contribution >= 0.6 is 0 Å². The van der Waals surface area contributed by atoms with Crippen molar-refractivity contribution in [3.63, 3.8) is 0 Å². The highest BCUT2D eigenvalue weighted by Gasteiger charge is 2.26. The largest absolute Gasteiger partial charge is 0.493 e. The van der Waals surface area contributed by atoms with Crippen LogP contribution in [0.5, 0.6) is 11.5 Å². The number of carbonyl (C=O) groups excluding carboxylic acids is 1. The van der Waals surface area contributed by atoms with Gasteiger partial charge < -0.3 is 18.9 Å². The van der Waals surface area contributed by atoms with Gasteiger partial charge in [0.15, 0.2) is 23.0 Å². The van der Waals surface area contributed by atoms with Crippen LogP contribution in [0.3, 0.4) is 0 Å². The maximum absolute atomic E-state index is 12.9. The third-order valence-electron chi connectivity index (χ3n) is 4.68. The lowest BCUT2D eigenvalue weighted by Gasteiger charge is -2.29. The van der Waals surface area contributed by atoms with E-state index in [-0.39, 0.29) is 11.6 Å². The zero-order valence-electron chi connectivity index (χ0n) is 15.1. The van der Waals surface area contributed by atoms with Crippen LogP contribution in [0.2, 0.25) is 0 Å². The molecule has 0 spiro atoms. The van der Waals surface area contributed by atoms with Crippen LogP contribution in [-0.4, -0.2) is 41.7 Å². The second-order valence-electron chi connectivity index (χ2n) is 6.27. The summed E-state index contributed by atoms with van der Waals surface area (Å²) in [6.07, 6.45) is 4.10. The number of ether oxygens (including phenoxy) is 2. The number of benzene rings is 1. The summed E-state index contributed by atoms with van der Waals surface area (Å²) in [4.78, 5) is 18.7. The Morgan fingerprint density at radius 3 is 2.63 bits per heavy atom. The Hall–Kier alpha value is -3.35. The molecule has 7 heteroatoms. The summed E-state index contributed by atoms with van der Waals surface area (Å²) in [6, 6.07) is 9.23. The van der Waals surface area contributed by atoms with Crippen molar-refractivity contribution in [1.82, 2.24) is 15.0 Å². The third kappa shape index (κ3) is 3.23. The van der Waals surface area contributed by atoms with Crippen LogP contribution in [-0.2, 0) is 13.0 Å². The van der Waals surface area contributed by atoms with Gasteiger partial charge in [-0.15, -0.1) is 0 Å². The number of nitrogens with zero attached hydrogens (tertiary/aromatic N) is 3. The Bertz CT molecular complexity index is 969. The second kappa shape index (κ2) is 7.11. The van der Waals surface area contributed by atoms with E-state index in [1.165, 1.54) is 0 Å². The molecule has 1 aliphatic rings. The lowest BCUT2D eigenvalue weighted by atomic mass is 9.98. The molecule has 1 amide bonds. The SMILES string of the molecule is COc1cc2c(cc1OC)CN(C(=O)c1cc(-c3cccnc3)on1)CC2. The second-order valence-corrected chi connectivity index (χ2v) is 6.27. The van der Waals surface area contributed by atoms with E-state index in [0.29, 0.717) is 30.3 Å². The smallest absolute Gasteiger partial charge is 0.276 e. The normalized spacial score (nSPS) is 13.2. The predicted octanol–water partition coefficient (Wildman–Crippen LogP) is 2.95. The molecule has 0 saturated heterocycles. The highest BCUT2D eigenvalue weighted by Crippen LogP contribution is 2.33. The van der Waals surface area contributed by atoms with Crippen molar-refractivity contribution in [2.45, 2.75) is 13.0 Å². The number of carbonyl (C=O) groups is 1. The van der Waals surface area contributed by atoms with Crippen LogP contribution in [0, 0.1) is 0 Å². The molecule has 27 heavy (non-hydrogen) atoms. The summed E-state index contributed by atoms with van der Waals surface area (Å²) < 4.78 is 16.1. The van der Waals surface area contributed by atoms with Crippen molar-refractivity contribution in [2.75, 3.05) is 20.8 Å². The molecule has 3 aromatic rings. The van der Waals surface area contributed by atoms with Crippen LogP contribution < -0.4 is 9.47 Å². The monoisotopic (exact) mass is 365 g/mol. The number of rotatable bonds is 4. The Kier molecular flexibility index (Phi) is 4.50. The van der Waals surface area contributed by atoms with Crippen LogP contribution in [0.25, 0.3) is 11.3 Å². The highest BCUT2D eigenvalue weighted by molar-refractivity contribution is 5.93. The van der Waals surface area contributed by atoms with Crippen LogP contribution in [0.4, 0.5) is 0 Å². The van der Waals surface area contributed by atoms with Gasteiger partial charge in [0.2, 0.25) is 0 Å². The van der Waals surface area contributed by atoms with Gasteiger partial charge in [-0.3, -0.25) is 9.78 Å². The van der Waals surface area contributed by atoms with Gasteiger partial charge in [-0.1, -0.05) is 5.16 Å². The Labute approximate surface area is 156 Å². The minimum absolute atomic E-state index is 0.158. The molecule has 0 radical (unpaired) electrons. The summed E-state index contributed by atoms with van der Waals surface area (Å²) >= 11 is 0. The Morgan fingerprint density at radius 2 is 1.93 bits per heavy atom. The number of aromatic nitrogens is 2. The molecule has 0 atom stereocenters. The molecule has 0 aliphatic carbocycles. The molecule has 0 bridgehead atoms. The van der Waals surface area contributed by atoms with E-state index >= 15 is 0 Å². The van der Waals surface area contributed by atoms with Crippen molar-refractivity contribution >= 4 is 5.91 Å². The van der Waals surface area contributed by atoms with Crippen molar-refractivity contribution in [1.29, 1.82) is 0 Å². The molecule has 7 nitrogen and oxygen atoms in total. The van der Waals surface area contributed by atoms with E-state index in [9.17, 15) is 4.79 Å². The Morgan fingerprint density at radius 1 is 1.15 bits per heavy atom. The molecule has 0 N–H and O–H groups in total. The zero-order chi connectivity index (χ0) is 18.8. The minimum atomic E-state index is -0.158. The zero-order valence-corrected chi connectivity index (χ0v) is 15.1. The van der Waals surface area contributed by atoms with E-state index in [4.69, 9.17) is 14.0 Å². The summed E-state index contributed by atoms with van der Waals surface area (Å²) in [6.45, 7) is 1.10. The van der Waals surface area contributed by atoms with Crippen molar-refractivity contribution in [3.8, 4) is 22.8 Å². The quantitative estimate of drug-likeness (QED) is 0.707. The lowest BCUT2D eigenvalue weighted by Crippen LogP contribution is -2.36. The summed E-state index contributed by atoms with van der Waals surface area (Å²) in [5, 5.41) is 3.95. The summed E-state index contributed by atoms with van der Waals surface area (Å²) in [5.41, 5.74) is 3.28. The van der Waals surface area contributed by atoms with Gasteiger partial charge in [0, 0.05) is 37.1 Å². The summed E-state index contributed by atoms with van der Waals surface area (Å²) in [7, 11) is 3.22. The number of methoxy groups -OCH3 is 2. The molecule has 138 valence electrons. The van der Waals surface area contributed by atoms with Crippen LogP contribution in [0.15, 0.2) is 47.2 Å². The topological polar surface area (TPSA) is 77.7 Å². The predicted molar refractivity (Wildman–Crippen MR) is 97.7 cm³/mol. The molecule has 0 saturated carbocycles. The molecule has 3 heterocycles. The molecule has 0 fully saturated rings. The molecular formula is C20H19N3O4. The van der Waals surface area contributed by atoms with Gasteiger partial charge in [0.05, 0.1) is 14.2 Å². The first kappa shape index (κ1) is 17.1. The summed E-state index contributed by atoms with van der Waals surface area (Å²) in [5.74, 6) is 1.73. The van der Waals surface area contributed by atoms with Gasteiger partial charge >= 0.3 is 0 Å². The highest BCUT2D eigenvalue weighted by atomic mass is 16.5. The molecule has 4 rings (SSSR count). The van der Waals surface area contributed by atoms with Crippen molar-refractivity contribution < 1.29 is 18.8 Å². The Balaban J connectivity index is 1.55. The van der Waals surface area contributed by atoms with Crippen molar-refractivity contribution in [3.05, 3.63) is 59.5 Å². The molecule has 0 unspecified atom stereocenters. The standard InChI is InChI=1S/C20H19N3O4/c1-25-18-8-13-5-7-23(12-15(13)9-19(18)26-2)20(24)16-10-17(27-22-16)14-4-3-6-21-11-14/h3-4,6,8-11H,5,7,12H2,1-2H3. The fourth-order valence-electron chi connectivity index (χ4n) is 3.24. The first-order chi connectivity index (χ1) is 13.2. The fourth-order valence-corrected chi connectivity index (χ4v) is 3.24. The van der Waals surface area contributed by atoms with E-state index in [1.807, 2.05) is 24.3 Å². The van der Waals surface area contributed by atoms with E-state index < -0.39 is 0 Å². The average molecular weight is 365 g/mol. The maximum Gasteiger partial charge on any atom is 0.276 e. The molecule has 1 aliphatic heterocycles. The van der Waals surface area contributed by atoms with Gasteiger partial charge in [0.1, 0.15) is 0 Å². The molecular weight excluding hydrogens is 346 g/mol. The average Bonchev–Trinajstić information content (AvgIpc) is 3.22. The van der Waals surface area contributed by atoms with Gasteiger partial charge in [-0.05, 0) is 41.8 Å². The number of hydrogen-bond acceptors (Lipinski definition) is 6. The number of hydrogen-bond donors (Lipinski definition) is 0. The van der Waals surface area contributed by atoms with Gasteiger partial charge in [-0.25, -0.2) is 0 Å². The minimum Gasteiger partial charge on any atom is -0.493 e. The molecule has 1 aromatic carbocycles. The lowest BCUT2D eigenvalue weighted by molar-refractivity contribution is 0.0724. The van der Waals surface area contributed by atoms with Crippen LogP contribution in [0.1, 0.15) is 21.6 Å². The van der Waals surface area contributed by atoms with Crippen molar-refractivity contribution in [2.24, 2.45) is 0 Å². The number of fused-ring (bicyclic) bond motifs is 1. The molecule has 2 aromatic heterocycles. The van der Waals surface area contributed by atoms with E-state index in [1.54, 1.807) is 37.6 Å². The maximum atomic E-state index is 12.9. The van der Waals surface area contributed by atoms with Gasteiger partial charge in [-0.2, -0.15) is 0 Å². The number of pyridine rings is 1.